The van der Waals surface area contributed by atoms with Crippen LogP contribution in [0.15, 0.2) is 23.1 Å². The second-order valence-corrected chi connectivity index (χ2v) is 3.01. The summed E-state index contributed by atoms with van der Waals surface area (Å²) in [4.78, 5) is 8.71. The van der Waals surface area contributed by atoms with Gasteiger partial charge in [0.1, 0.15) is 10.7 Å². The Morgan fingerprint density at radius 2 is 2.00 bits per heavy atom. The molecule has 0 bridgehead atoms. The third-order valence-electron chi connectivity index (χ3n) is 1.30. The molecule has 5 nitrogen and oxygen atoms in total. The first kappa shape index (κ1) is 13.7. The van der Waals surface area contributed by atoms with Crippen molar-refractivity contribution in [1.82, 2.24) is 0 Å². The van der Waals surface area contributed by atoms with Crippen molar-refractivity contribution in [2.45, 2.75) is 4.90 Å². The SMILES string of the molecule is O=[N+]([O-])c1ccc(F)cc1S(=O)[O-].[Na+]. The Bertz CT molecular complexity index is 386. The van der Waals surface area contributed by atoms with E-state index in [0.29, 0.717) is 6.07 Å². The van der Waals surface area contributed by atoms with Crippen molar-refractivity contribution < 1.29 is 47.6 Å². The molecule has 1 aromatic rings. The van der Waals surface area contributed by atoms with E-state index in [1.165, 1.54) is 0 Å². The molecule has 0 spiro atoms. The Labute approximate surface area is 103 Å². The molecule has 0 aliphatic heterocycles. The van der Waals surface area contributed by atoms with Gasteiger partial charge >= 0.3 is 29.6 Å². The van der Waals surface area contributed by atoms with Crippen LogP contribution in [0.1, 0.15) is 0 Å². The Balaban J connectivity index is 0.00000169. The summed E-state index contributed by atoms with van der Waals surface area (Å²) in [6.07, 6.45) is 0. The summed E-state index contributed by atoms with van der Waals surface area (Å²) in [6.45, 7) is 0. The standard InChI is InChI=1S/C6H4FNO4S.Na/c7-4-1-2-5(8(9)10)6(3-4)13(11)12;/h1-3H,(H,11,12);/q;+1/p-1. The molecule has 0 saturated heterocycles. The first-order chi connectivity index (χ1) is 6.02. The van der Waals surface area contributed by atoms with E-state index in [0.717, 1.165) is 12.1 Å². The molecular weight excluding hydrogens is 224 g/mol. The minimum atomic E-state index is -2.80. The molecule has 0 saturated carbocycles. The summed E-state index contributed by atoms with van der Waals surface area (Å²) in [5.74, 6) is -0.829. The van der Waals surface area contributed by atoms with Crippen LogP contribution in [0.2, 0.25) is 0 Å². The van der Waals surface area contributed by atoms with Crippen LogP contribution in [0, 0.1) is 15.9 Å². The molecule has 0 heterocycles. The molecule has 0 fully saturated rings. The fourth-order valence-corrected chi connectivity index (χ4v) is 1.29. The average molecular weight is 227 g/mol. The Morgan fingerprint density at radius 1 is 1.43 bits per heavy atom. The first-order valence-corrected chi connectivity index (χ1v) is 4.13. The van der Waals surface area contributed by atoms with Gasteiger partial charge in [-0.25, -0.2) is 4.39 Å². The van der Waals surface area contributed by atoms with E-state index in [9.17, 15) is 23.3 Å². The number of nitro benzene ring substituents is 1. The van der Waals surface area contributed by atoms with Gasteiger partial charge in [0, 0.05) is 6.07 Å². The minimum absolute atomic E-state index is 0. The first-order valence-electron chi connectivity index (χ1n) is 3.05. The van der Waals surface area contributed by atoms with Crippen LogP contribution in [0.3, 0.4) is 0 Å². The molecule has 1 rings (SSSR count). The van der Waals surface area contributed by atoms with Crippen molar-refractivity contribution in [3.8, 4) is 0 Å². The van der Waals surface area contributed by atoms with Gasteiger partial charge in [-0.1, -0.05) is 0 Å². The van der Waals surface area contributed by atoms with Gasteiger partial charge in [-0.15, -0.1) is 0 Å². The van der Waals surface area contributed by atoms with E-state index in [-0.39, 0.29) is 29.6 Å². The van der Waals surface area contributed by atoms with Crippen molar-refractivity contribution in [1.29, 1.82) is 0 Å². The third kappa shape index (κ3) is 3.10. The van der Waals surface area contributed by atoms with E-state index in [1.54, 1.807) is 0 Å². The second-order valence-electron chi connectivity index (χ2n) is 2.10. The van der Waals surface area contributed by atoms with Crippen LogP contribution in [0.25, 0.3) is 0 Å². The van der Waals surface area contributed by atoms with Gasteiger partial charge in [0.2, 0.25) is 0 Å². The number of halogens is 1. The number of rotatable bonds is 2. The number of hydrogen-bond acceptors (Lipinski definition) is 4. The van der Waals surface area contributed by atoms with Crippen molar-refractivity contribution in [2.24, 2.45) is 0 Å². The van der Waals surface area contributed by atoms with Gasteiger partial charge in [0.25, 0.3) is 5.69 Å². The molecule has 0 aliphatic rings. The molecule has 0 amide bonds. The van der Waals surface area contributed by atoms with Gasteiger partial charge < -0.3 is 4.55 Å². The Hall–Kier alpha value is -0.340. The summed E-state index contributed by atoms with van der Waals surface area (Å²) in [5, 5.41) is 10.2. The predicted octanol–water partition coefficient (Wildman–Crippen LogP) is -2.02. The van der Waals surface area contributed by atoms with Crippen LogP contribution in [-0.4, -0.2) is 13.7 Å². The van der Waals surface area contributed by atoms with Crippen molar-refractivity contribution in [2.75, 3.05) is 0 Å². The van der Waals surface area contributed by atoms with Crippen molar-refractivity contribution >= 4 is 16.8 Å². The summed E-state index contributed by atoms with van der Waals surface area (Å²) in [6, 6.07) is 2.23. The molecule has 0 N–H and O–H groups in total. The molecule has 1 unspecified atom stereocenters. The zero-order valence-electron chi connectivity index (χ0n) is 7.10. The maximum Gasteiger partial charge on any atom is 1.00 e. The quantitative estimate of drug-likeness (QED) is 0.252. The summed E-state index contributed by atoms with van der Waals surface area (Å²) >= 11 is -2.80. The van der Waals surface area contributed by atoms with Crippen molar-refractivity contribution in [3.05, 3.63) is 34.1 Å². The van der Waals surface area contributed by atoms with E-state index in [4.69, 9.17) is 0 Å². The molecule has 0 aliphatic carbocycles. The molecular formula is C6H3FNNaO4S. The third-order valence-corrected chi connectivity index (χ3v) is 1.98. The molecule has 8 heteroatoms. The summed E-state index contributed by atoms with van der Waals surface area (Å²) in [7, 11) is 0. The zero-order valence-corrected chi connectivity index (χ0v) is 9.91. The van der Waals surface area contributed by atoms with Crippen LogP contribution < -0.4 is 29.6 Å². The smallest absolute Gasteiger partial charge is 0.768 e. The molecule has 14 heavy (non-hydrogen) atoms. The van der Waals surface area contributed by atoms with Crippen LogP contribution >= 0.6 is 0 Å². The number of nitrogens with zero attached hydrogens (tertiary/aromatic N) is 1. The van der Waals surface area contributed by atoms with Crippen LogP contribution in [-0.2, 0) is 11.1 Å². The largest absolute Gasteiger partial charge is 1.00 e. The maximum absolute atomic E-state index is 12.5. The number of benzene rings is 1. The summed E-state index contributed by atoms with van der Waals surface area (Å²) < 4.78 is 33.3. The normalized spacial score (nSPS) is 11.6. The minimum Gasteiger partial charge on any atom is -0.768 e. The number of hydrogen-bond donors (Lipinski definition) is 0. The van der Waals surface area contributed by atoms with E-state index in [2.05, 4.69) is 0 Å². The average Bonchev–Trinajstić information content (AvgIpc) is 2.03. The van der Waals surface area contributed by atoms with Gasteiger partial charge in [0.05, 0.1) is 4.92 Å². The van der Waals surface area contributed by atoms with E-state index >= 15 is 0 Å². The Morgan fingerprint density at radius 3 is 2.43 bits per heavy atom. The van der Waals surface area contributed by atoms with Gasteiger partial charge in [-0.2, -0.15) is 0 Å². The molecule has 70 valence electrons. The van der Waals surface area contributed by atoms with Crippen molar-refractivity contribution in [3.63, 3.8) is 0 Å². The van der Waals surface area contributed by atoms with E-state index < -0.39 is 32.4 Å². The zero-order chi connectivity index (χ0) is 10.0. The van der Waals surface area contributed by atoms with Gasteiger partial charge in [0.15, 0.2) is 0 Å². The molecule has 1 atom stereocenters. The molecule has 0 radical (unpaired) electrons. The van der Waals surface area contributed by atoms with Crippen LogP contribution in [0.4, 0.5) is 10.1 Å². The fourth-order valence-electron chi connectivity index (χ4n) is 0.772. The van der Waals surface area contributed by atoms with Crippen LogP contribution in [0.5, 0.6) is 0 Å². The second kappa shape index (κ2) is 5.52. The molecule has 0 aromatic heterocycles. The monoisotopic (exact) mass is 227 g/mol. The van der Waals surface area contributed by atoms with Gasteiger partial charge in [-0.05, 0) is 23.2 Å². The fraction of sp³-hybridized carbons (Fsp3) is 0. The number of nitro groups is 1. The van der Waals surface area contributed by atoms with E-state index in [1.807, 2.05) is 0 Å². The van der Waals surface area contributed by atoms with Gasteiger partial charge in [-0.3, -0.25) is 14.3 Å². The summed E-state index contributed by atoms with van der Waals surface area (Å²) in [5.41, 5.74) is -0.630. The molecule has 1 aromatic carbocycles. The maximum atomic E-state index is 12.5. The Kier molecular flexibility index (Phi) is 5.38. The topological polar surface area (TPSA) is 83.3 Å². The predicted molar refractivity (Wildman–Crippen MR) is 40.2 cm³/mol.